The lowest BCUT2D eigenvalue weighted by atomic mass is 9.99. The molecule has 0 saturated carbocycles. The minimum atomic E-state index is -0.825. The van der Waals surface area contributed by atoms with Crippen molar-refractivity contribution in [2.24, 2.45) is 18.7 Å². The SMILES string of the molecule is C[C@@H](C[C@@H](N)c1cc(-c2cncn2C)cs1)C(O)Nc1ccc(F)c(Cl)c1. The third-order valence-corrected chi connectivity index (χ3v) is 5.85. The molecule has 0 fully saturated rings. The Balaban J connectivity index is 1.61. The second kappa shape index (κ2) is 8.39. The summed E-state index contributed by atoms with van der Waals surface area (Å²) < 4.78 is 15.2. The standard InChI is InChI=1S/C19H22ClFN4OS/c1-11(19(26)24-13-3-4-15(21)14(20)7-13)5-16(22)18-6-12(9-27-18)17-8-23-10-25(17)2/h3-4,6-11,16,19,24,26H,5,22H2,1-2H3/t11-,16+,19?/m0/s1. The number of nitrogens with two attached hydrogens (primary N) is 1. The lowest BCUT2D eigenvalue weighted by Crippen LogP contribution is -2.29. The number of rotatable bonds is 7. The Morgan fingerprint density at radius 2 is 2.19 bits per heavy atom. The van der Waals surface area contributed by atoms with Gasteiger partial charge in [0, 0.05) is 40.5 Å². The zero-order chi connectivity index (χ0) is 19.6. The molecule has 2 heterocycles. The van der Waals surface area contributed by atoms with Crippen LogP contribution < -0.4 is 11.1 Å². The third-order valence-electron chi connectivity index (χ3n) is 4.50. The summed E-state index contributed by atoms with van der Waals surface area (Å²) in [6.45, 7) is 1.91. The van der Waals surface area contributed by atoms with Crippen LogP contribution in [0, 0.1) is 11.7 Å². The molecule has 8 heteroatoms. The lowest BCUT2D eigenvalue weighted by Gasteiger charge is -2.23. The second-order valence-corrected chi connectivity index (χ2v) is 8.02. The maximum atomic E-state index is 13.2. The van der Waals surface area contributed by atoms with E-state index in [-0.39, 0.29) is 17.0 Å². The Kier molecular flexibility index (Phi) is 6.16. The van der Waals surface area contributed by atoms with Gasteiger partial charge in [-0.1, -0.05) is 18.5 Å². The van der Waals surface area contributed by atoms with Crippen molar-refractivity contribution in [3.8, 4) is 11.3 Å². The van der Waals surface area contributed by atoms with E-state index in [1.807, 2.05) is 24.7 Å². The summed E-state index contributed by atoms with van der Waals surface area (Å²) in [5, 5.41) is 15.4. The van der Waals surface area contributed by atoms with Crippen molar-refractivity contribution >= 4 is 28.6 Å². The maximum absolute atomic E-state index is 13.2. The first kappa shape index (κ1) is 19.8. The second-order valence-electron chi connectivity index (χ2n) is 6.67. The van der Waals surface area contributed by atoms with Crippen LogP contribution >= 0.6 is 22.9 Å². The van der Waals surface area contributed by atoms with Gasteiger partial charge in [0.1, 0.15) is 12.0 Å². The highest BCUT2D eigenvalue weighted by Gasteiger charge is 2.20. The smallest absolute Gasteiger partial charge is 0.141 e. The van der Waals surface area contributed by atoms with E-state index in [0.29, 0.717) is 12.1 Å². The average molecular weight is 409 g/mol. The first-order valence-electron chi connectivity index (χ1n) is 8.55. The van der Waals surface area contributed by atoms with Crippen molar-refractivity contribution in [1.82, 2.24) is 9.55 Å². The number of imidazole rings is 1. The van der Waals surface area contributed by atoms with E-state index in [0.717, 1.165) is 16.1 Å². The van der Waals surface area contributed by atoms with E-state index in [1.54, 1.807) is 17.7 Å². The van der Waals surface area contributed by atoms with Crippen LogP contribution in [-0.4, -0.2) is 20.9 Å². The van der Waals surface area contributed by atoms with Gasteiger partial charge in [0.05, 0.1) is 23.2 Å². The van der Waals surface area contributed by atoms with Crippen LogP contribution in [0.1, 0.15) is 24.3 Å². The molecule has 0 amide bonds. The first-order chi connectivity index (χ1) is 12.8. The molecule has 3 atom stereocenters. The lowest BCUT2D eigenvalue weighted by molar-refractivity contribution is 0.134. The number of anilines is 1. The monoisotopic (exact) mass is 408 g/mol. The van der Waals surface area contributed by atoms with Crippen LogP contribution in [0.2, 0.25) is 5.02 Å². The van der Waals surface area contributed by atoms with E-state index in [1.165, 1.54) is 18.2 Å². The fraction of sp³-hybridized carbons (Fsp3) is 0.316. The summed E-state index contributed by atoms with van der Waals surface area (Å²) in [6, 6.07) is 6.13. The minimum absolute atomic E-state index is 0.0119. The molecule has 2 aromatic heterocycles. The van der Waals surface area contributed by atoms with Gasteiger partial charge < -0.3 is 20.7 Å². The van der Waals surface area contributed by atoms with Crippen molar-refractivity contribution in [3.05, 3.63) is 57.9 Å². The van der Waals surface area contributed by atoms with Crippen LogP contribution in [-0.2, 0) is 7.05 Å². The minimum Gasteiger partial charge on any atom is -0.374 e. The Labute approximate surface area is 166 Å². The molecule has 4 N–H and O–H groups in total. The summed E-state index contributed by atoms with van der Waals surface area (Å²) in [4.78, 5) is 5.19. The van der Waals surface area contributed by atoms with Gasteiger partial charge in [-0.2, -0.15) is 0 Å². The molecule has 0 bridgehead atoms. The van der Waals surface area contributed by atoms with E-state index in [9.17, 15) is 9.50 Å². The highest BCUT2D eigenvalue weighted by Crippen LogP contribution is 2.31. The maximum Gasteiger partial charge on any atom is 0.141 e. The number of benzene rings is 1. The fourth-order valence-electron chi connectivity index (χ4n) is 2.86. The number of thiophene rings is 1. The van der Waals surface area contributed by atoms with E-state index in [4.69, 9.17) is 17.3 Å². The molecule has 0 saturated heterocycles. The Bertz CT molecular complexity index is 913. The number of nitrogens with zero attached hydrogens (tertiary/aromatic N) is 2. The van der Waals surface area contributed by atoms with E-state index >= 15 is 0 Å². The van der Waals surface area contributed by atoms with Gasteiger partial charge in [-0.05, 0) is 30.7 Å². The molecule has 0 aliphatic carbocycles. The highest BCUT2D eigenvalue weighted by atomic mass is 35.5. The van der Waals surface area contributed by atoms with E-state index < -0.39 is 12.0 Å². The van der Waals surface area contributed by atoms with Crippen molar-refractivity contribution in [2.75, 3.05) is 5.32 Å². The van der Waals surface area contributed by atoms with Crippen LogP contribution in [0.5, 0.6) is 0 Å². The summed E-state index contributed by atoms with van der Waals surface area (Å²) in [6.07, 6.45) is 3.35. The number of aliphatic hydroxyl groups excluding tert-OH is 1. The number of hydrogen-bond acceptors (Lipinski definition) is 5. The molecule has 1 unspecified atom stereocenters. The van der Waals surface area contributed by atoms with Gasteiger partial charge in [-0.25, -0.2) is 9.37 Å². The third kappa shape index (κ3) is 4.68. The van der Waals surface area contributed by atoms with Crippen LogP contribution in [0.3, 0.4) is 0 Å². The molecule has 3 aromatic rings. The number of aromatic nitrogens is 2. The number of aliphatic hydroxyl groups is 1. The predicted octanol–water partition coefficient (Wildman–Crippen LogP) is 4.40. The van der Waals surface area contributed by atoms with Crippen molar-refractivity contribution in [3.63, 3.8) is 0 Å². The van der Waals surface area contributed by atoms with Crippen LogP contribution in [0.15, 0.2) is 42.2 Å². The molecular weight excluding hydrogens is 387 g/mol. The van der Waals surface area contributed by atoms with Gasteiger partial charge in [-0.3, -0.25) is 0 Å². The fourth-order valence-corrected chi connectivity index (χ4v) is 3.96. The number of hydrogen-bond donors (Lipinski definition) is 3. The normalized spacial score (nSPS) is 14.7. The average Bonchev–Trinajstić information content (AvgIpc) is 3.26. The number of nitrogens with one attached hydrogen (secondary N) is 1. The summed E-state index contributed by atoms with van der Waals surface area (Å²) in [7, 11) is 1.95. The molecule has 0 aliphatic heterocycles. The largest absolute Gasteiger partial charge is 0.374 e. The quantitative estimate of drug-likeness (QED) is 0.506. The molecule has 1 aromatic carbocycles. The van der Waals surface area contributed by atoms with Gasteiger partial charge in [0.25, 0.3) is 0 Å². The van der Waals surface area contributed by atoms with Crippen LogP contribution in [0.4, 0.5) is 10.1 Å². The Hall–Kier alpha value is -1.93. The zero-order valence-electron chi connectivity index (χ0n) is 15.1. The molecule has 3 rings (SSSR count). The van der Waals surface area contributed by atoms with Crippen molar-refractivity contribution in [1.29, 1.82) is 0 Å². The Morgan fingerprint density at radius 1 is 1.41 bits per heavy atom. The molecule has 0 spiro atoms. The molecule has 27 heavy (non-hydrogen) atoms. The molecule has 144 valence electrons. The topological polar surface area (TPSA) is 76.1 Å². The first-order valence-corrected chi connectivity index (χ1v) is 9.81. The number of aryl methyl sites for hydroxylation is 1. The molecule has 5 nitrogen and oxygen atoms in total. The van der Waals surface area contributed by atoms with E-state index in [2.05, 4.69) is 21.7 Å². The summed E-state index contributed by atoms with van der Waals surface area (Å²) in [5.41, 5.74) is 9.03. The molecule has 0 aliphatic rings. The van der Waals surface area contributed by atoms with Gasteiger partial charge in [-0.15, -0.1) is 11.3 Å². The van der Waals surface area contributed by atoms with Crippen molar-refractivity contribution in [2.45, 2.75) is 25.6 Å². The highest BCUT2D eigenvalue weighted by molar-refractivity contribution is 7.10. The summed E-state index contributed by atoms with van der Waals surface area (Å²) in [5.74, 6) is -0.611. The van der Waals surface area contributed by atoms with Gasteiger partial charge in [0.2, 0.25) is 0 Å². The molecule has 0 radical (unpaired) electrons. The predicted molar refractivity (Wildman–Crippen MR) is 108 cm³/mol. The molecular formula is C19H22ClFN4OS. The summed E-state index contributed by atoms with van der Waals surface area (Å²) >= 11 is 7.37. The zero-order valence-corrected chi connectivity index (χ0v) is 16.6. The van der Waals surface area contributed by atoms with Crippen LogP contribution in [0.25, 0.3) is 11.3 Å². The van der Waals surface area contributed by atoms with Gasteiger partial charge in [0.15, 0.2) is 0 Å². The Morgan fingerprint density at radius 3 is 2.85 bits per heavy atom. The van der Waals surface area contributed by atoms with Crippen molar-refractivity contribution < 1.29 is 9.50 Å². The van der Waals surface area contributed by atoms with Gasteiger partial charge >= 0.3 is 0 Å². The number of halogens is 2.